The zero-order valence-corrected chi connectivity index (χ0v) is 11.3. The summed E-state index contributed by atoms with van der Waals surface area (Å²) in [6, 6.07) is 1.79. The van der Waals surface area contributed by atoms with E-state index >= 15 is 0 Å². The number of rotatable bonds is 5. The van der Waals surface area contributed by atoms with Crippen LogP contribution in [0.2, 0.25) is 0 Å². The number of nitrogens with one attached hydrogen (secondary N) is 1. The summed E-state index contributed by atoms with van der Waals surface area (Å²) in [5.41, 5.74) is 0. The second-order valence-electron chi connectivity index (χ2n) is 4.55. The molecule has 5 nitrogen and oxygen atoms in total. The molecule has 98 valence electrons. The average molecular weight is 259 g/mol. The van der Waals surface area contributed by atoms with E-state index in [1.165, 1.54) is 4.31 Å². The van der Waals surface area contributed by atoms with E-state index in [9.17, 15) is 8.42 Å². The molecule has 0 saturated carbocycles. The van der Waals surface area contributed by atoms with Crippen molar-refractivity contribution in [1.29, 1.82) is 5.26 Å². The Morgan fingerprint density at radius 2 is 2.24 bits per heavy atom. The van der Waals surface area contributed by atoms with Crippen molar-refractivity contribution in [3.8, 4) is 6.07 Å². The summed E-state index contributed by atoms with van der Waals surface area (Å²) in [6.07, 6.45) is 3.77. The summed E-state index contributed by atoms with van der Waals surface area (Å²) >= 11 is 0. The predicted octanol–water partition coefficient (Wildman–Crippen LogP) is 1.39. The Bertz CT molecular complexity index is 375. The summed E-state index contributed by atoms with van der Waals surface area (Å²) in [6.45, 7) is 4.40. The van der Waals surface area contributed by atoms with Crippen molar-refractivity contribution >= 4 is 10.2 Å². The molecule has 0 amide bonds. The minimum absolute atomic E-state index is 0.0563. The smallest absolute Gasteiger partial charge is 0.198 e. The van der Waals surface area contributed by atoms with Gasteiger partial charge in [-0.2, -0.15) is 22.7 Å². The van der Waals surface area contributed by atoms with E-state index in [1.54, 1.807) is 0 Å². The van der Waals surface area contributed by atoms with Crippen LogP contribution < -0.4 is 4.72 Å². The van der Waals surface area contributed by atoms with Gasteiger partial charge in [-0.25, -0.2) is 0 Å². The summed E-state index contributed by atoms with van der Waals surface area (Å²) in [5.74, 6) is 0. The third-order valence-corrected chi connectivity index (χ3v) is 4.99. The molecule has 1 saturated heterocycles. The molecule has 17 heavy (non-hydrogen) atoms. The number of piperidine rings is 1. The third-order valence-electron chi connectivity index (χ3n) is 3.20. The van der Waals surface area contributed by atoms with Gasteiger partial charge in [0.1, 0.15) is 0 Å². The van der Waals surface area contributed by atoms with Crippen LogP contribution >= 0.6 is 0 Å². The second-order valence-corrected chi connectivity index (χ2v) is 6.20. The fraction of sp³-hybridized carbons (Fsp3) is 0.909. The third kappa shape index (κ3) is 3.95. The first-order chi connectivity index (χ1) is 8.01. The summed E-state index contributed by atoms with van der Waals surface area (Å²) in [4.78, 5) is 0. The van der Waals surface area contributed by atoms with Gasteiger partial charge >= 0.3 is 0 Å². The van der Waals surface area contributed by atoms with Crippen LogP contribution in [-0.4, -0.2) is 31.4 Å². The number of hydrogen-bond donors (Lipinski definition) is 1. The summed E-state index contributed by atoms with van der Waals surface area (Å²) in [7, 11) is -3.43. The highest BCUT2D eigenvalue weighted by Crippen LogP contribution is 2.19. The van der Waals surface area contributed by atoms with E-state index in [-0.39, 0.29) is 18.5 Å². The lowest BCUT2D eigenvalue weighted by Gasteiger charge is -2.33. The normalized spacial score (nSPS) is 24.2. The van der Waals surface area contributed by atoms with Crippen LogP contribution in [-0.2, 0) is 10.2 Å². The van der Waals surface area contributed by atoms with Gasteiger partial charge in [-0.15, -0.1) is 0 Å². The first-order valence-electron chi connectivity index (χ1n) is 6.17. The van der Waals surface area contributed by atoms with Crippen molar-refractivity contribution in [2.45, 2.75) is 58.0 Å². The zero-order valence-electron chi connectivity index (χ0n) is 10.5. The Morgan fingerprint density at radius 1 is 1.53 bits per heavy atom. The fourth-order valence-corrected chi connectivity index (χ4v) is 3.84. The average Bonchev–Trinajstić information content (AvgIpc) is 2.28. The maximum absolute atomic E-state index is 12.1. The Hall–Kier alpha value is -0.640. The van der Waals surface area contributed by atoms with Gasteiger partial charge < -0.3 is 0 Å². The molecule has 6 heteroatoms. The van der Waals surface area contributed by atoms with Gasteiger partial charge in [0.2, 0.25) is 0 Å². The molecule has 1 aliphatic heterocycles. The van der Waals surface area contributed by atoms with Crippen molar-refractivity contribution in [2.75, 3.05) is 6.54 Å². The lowest BCUT2D eigenvalue weighted by molar-refractivity contribution is 0.263. The Labute approximate surface area is 104 Å². The lowest BCUT2D eigenvalue weighted by atomic mass is 10.1. The number of nitriles is 1. The van der Waals surface area contributed by atoms with Crippen molar-refractivity contribution in [1.82, 2.24) is 9.03 Å². The second kappa shape index (κ2) is 6.34. The van der Waals surface area contributed by atoms with E-state index < -0.39 is 10.2 Å². The van der Waals surface area contributed by atoms with Crippen molar-refractivity contribution in [2.24, 2.45) is 0 Å². The van der Waals surface area contributed by atoms with Gasteiger partial charge in [0.05, 0.1) is 12.5 Å². The molecule has 1 rings (SSSR count). The van der Waals surface area contributed by atoms with E-state index in [2.05, 4.69) is 4.72 Å². The molecule has 0 aromatic heterocycles. The maximum Gasteiger partial charge on any atom is 0.279 e. The van der Waals surface area contributed by atoms with Gasteiger partial charge in [-0.1, -0.05) is 13.3 Å². The molecule has 2 atom stereocenters. The zero-order chi connectivity index (χ0) is 12.9. The van der Waals surface area contributed by atoms with Crippen LogP contribution in [0.4, 0.5) is 0 Å². The molecule has 1 heterocycles. The van der Waals surface area contributed by atoms with E-state index in [4.69, 9.17) is 5.26 Å². The van der Waals surface area contributed by atoms with Gasteiger partial charge in [-0.3, -0.25) is 0 Å². The molecule has 0 bridgehead atoms. The monoisotopic (exact) mass is 259 g/mol. The number of nitrogens with zero attached hydrogens (tertiary/aromatic N) is 2. The standard InChI is InChI=1S/C11H21N3O2S/c1-3-11(7-8-12)13-17(15,16)14-9-5-4-6-10(14)2/h10-11,13H,3-7,9H2,1-2H3. The highest BCUT2D eigenvalue weighted by atomic mass is 32.2. The van der Waals surface area contributed by atoms with E-state index in [0.717, 1.165) is 19.3 Å². The number of hydrogen-bond acceptors (Lipinski definition) is 3. The SMILES string of the molecule is CCC(CC#N)NS(=O)(=O)N1CCCCC1C. The first kappa shape index (κ1) is 14.4. The summed E-state index contributed by atoms with van der Waals surface area (Å²) in [5, 5.41) is 8.63. The van der Waals surface area contributed by atoms with Crippen molar-refractivity contribution in [3.63, 3.8) is 0 Å². The van der Waals surface area contributed by atoms with Crippen molar-refractivity contribution in [3.05, 3.63) is 0 Å². The molecule has 1 N–H and O–H groups in total. The minimum atomic E-state index is -3.43. The Balaban J connectivity index is 2.69. The quantitative estimate of drug-likeness (QED) is 0.810. The molecule has 0 spiro atoms. The summed E-state index contributed by atoms with van der Waals surface area (Å²) < 4.78 is 28.4. The Morgan fingerprint density at radius 3 is 2.76 bits per heavy atom. The maximum atomic E-state index is 12.1. The van der Waals surface area contributed by atoms with Crippen LogP contribution in [0, 0.1) is 11.3 Å². The lowest BCUT2D eigenvalue weighted by Crippen LogP contribution is -2.50. The molecular formula is C11H21N3O2S. The molecule has 0 aromatic carbocycles. The van der Waals surface area contributed by atoms with Crippen molar-refractivity contribution < 1.29 is 8.42 Å². The molecule has 2 unspecified atom stereocenters. The fourth-order valence-electron chi connectivity index (χ4n) is 2.09. The predicted molar refractivity (Wildman–Crippen MR) is 66.4 cm³/mol. The van der Waals surface area contributed by atoms with Crippen LogP contribution in [0.25, 0.3) is 0 Å². The van der Waals surface area contributed by atoms with E-state index in [1.807, 2.05) is 19.9 Å². The molecule has 0 aliphatic carbocycles. The largest absolute Gasteiger partial charge is 0.279 e. The molecule has 1 fully saturated rings. The van der Waals surface area contributed by atoms with E-state index in [0.29, 0.717) is 13.0 Å². The van der Waals surface area contributed by atoms with Crippen LogP contribution in [0.5, 0.6) is 0 Å². The molecule has 1 aliphatic rings. The molecule has 0 radical (unpaired) electrons. The van der Waals surface area contributed by atoms with Crippen LogP contribution in [0.1, 0.15) is 46.0 Å². The van der Waals surface area contributed by atoms with Gasteiger partial charge in [0.15, 0.2) is 0 Å². The van der Waals surface area contributed by atoms with Crippen LogP contribution in [0.3, 0.4) is 0 Å². The van der Waals surface area contributed by atoms with Crippen LogP contribution in [0.15, 0.2) is 0 Å². The Kier molecular flexibility index (Phi) is 5.37. The first-order valence-corrected chi connectivity index (χ1v) is 7.61. The topological polar surface area (TPSA) is 73.2 Å². The highest BCUT2D eigenvalue weighted by Gasteiger charge is 2.30. The molecule has 0 aromatic rings. The van der Waals surface area contributed by atoms with Gasteiger partial charge in [-0.05, 0) is 26.2 Å². The van der Waals surface area contributed by atoms with Gasteiger partial charge in [0.25, 0.3) is 10.2 Å². The van der Waals surface area contributed by atoms with Gasteiger partial charge in [0, 0.05) is 18.6 Å². The highest BCUT2D eigenvalue weighted by molar-refractivity contribution is 7.87. The molecular weight excluding hydrogens is 238 g/mol. The minimum Gasteiger partial charge on any atom is -0.198 e.